The maximum atomic E-state index is 12.9. The third kappa shape index (κ3) is 53.4. The molecule has 0 heterocycles. The Morgan fingerprint density at radius 2 is 0.590 bits per heavy atom. The van der Waals surface area contributed by atoms with E-state index in [0.29, 0.717) is 31.6 Å². The molecule has 0 saturated heterocycles. The van der Waals surface area contributed by atoms with Gasteiger partial charge in [0.2, 0.25) is 0 Å². The summed E-state index contributed by atoms with van der Waals surface area (Å²) in [4.78, 5) is 71.5. The van der Waals surface area contributed by atoms with Crippen LogP contribution in [0.2, 0.25) is 0 Å². The number of aliphatic hydroxyl groups is 1. The van der Waals surface area contributed by atoms with Crippen molar-refractivity contribution in [3.05, 3.63) is 0 Å². The van der Waals surface area contributed by atoms with Gasteiger partial charge in [-0.3, -0.25) is 37.3 Å². The van der Waals surface area contributed by atoms with Gasteiger partial charge in [-0.2, -0.15) is 0 Å². The highest BCUT2D eigenvalue weighted by atomic mass is 31.2. The van der Waals surface area contributed by atoms with E-state index in [0.717, 1.165) is 116 Å². The maximum Gasteiger partial charge on any atom is 0.472 e. The van der Waals surface area contributed by atoms with Crippen molar-refractivity contribution >= 4 is 39.5 Å². The van der Waals surface area contributed by atoms with E-state index < -0.39 is 97.5 Å². The smallest absolute Gasteiger partial charge is 0.462 e. The lowest BCUT2D eigenvalue weighted by atomic mass is 10.0. The Hall–Kier alpha value is -1.94. The van der Waals surface area contributed by atoms with E-state index in [-0.39, 0.29) is 25.7 Å². The lowest BCUT2D eigenvalue weighted by Gasteiger charge is -2.21. The summed E-state index contributed by atoms with van der Waals surface area (Å²) in [7, 11) is -9.86. The highest BCUT2D eigenvalue weighted by Gasteiger charge is 2.30. The summed E-state index contributed by atoms with van der Waals surface area (Å²) in [6, 6.07) is 0. The van der Waals surface area contributed by atoms with E-state index in [1.54, 1.807) is 0 Å². The molecule has 17 nitrogen and oxygen atoms in total. The Kier molecular flexibility index (Phi) is 51.8. The highest BCUT2D eigenvalue weighted by Crippen LogP contribution is 2.45. The van der Waals surface area contributed by atoms with E-state index in [1.165, 1.54) is 89.9 Å². The fourth-order valence-electron chi connectivity index (χ4n) is 8.70. The Labute approximate surface area is 473 Å². The Morgan fingerprint density at radius 3 is 0.872 bits per heavy atom. The lowest BCUT2D eigenvalue weighted by molar-refractivity contribution is -0.161. The summed E-state index contributed by atoms with van der Waals surface area (Å²) in [5.41, 5.74) is 0. The summed E-state index contributed by atoms with van der Waals surface area (Å²) >= 11 is 0. The monoisotopic (exact) mass is 1160 g/mol. The molecule has 78 heavy (non-hydrogen) atoms. The van der Waals surface area contributed by atoms with Crippen LogP contribution in [0.1, 0.15) is 291 Å². The molecule has 0 aromatic heterocycles. The molecule has 462 valence electrons. The largest absolute Gasteiger partial charge is 0.472 e. The Balaban J connectivity index is 5.11. The van der Waals surface area contributed by atoms with Crippen LogP contribution < -0.4 is 0 Å². The van der Waals surface area contributed by atoms with Gasteiger partial charge >= 0.3 is 39.5 Å². The molecule has 0 bridgehead atoms. The minimum atomic E-state index is -4.94. The van der Waals surface area contributed by atoms with Gasteiger partial charge in [0.25, 0.3) is 0 Å². The topological polar surface area (TPSA) is 237 Å². The maximum absolute atomic E-state index is 12.9. The summed E-state index contributed by atoms with van der Waals surface area (Å²) in [5, 5.41) is 10.5. The van der Waals surface area contributed by atoms with Crippen LogP contribution in [0.15, 0.2) is 0 Å². The summed E-state index contributed by atoms with van der Waals surface area (Å²) in [6.45, 7) is 6.94. The predicted molar refractivity (Wildman–Crippen MR) is 308 cm³/mol. The summed E-state index contributed by atoms with van der Waals surface area (Å²) in [5.74, 6) is -1.48. The van der Waals surface area contributed by atoms with E-state index in [4.69, 9.17) is 37.0 Å². The number of esters is 4. The third-order valence-corrected chi connectivity index (χ3v) is 15.4. The molecule has 2 unspecified atom stereocenters. The minimum absolute atomic E-state index is 0.103. The summed E-state index contributed by atoms with van der Waals surface area (Å²) in [6.07, 6.45) is 35.6. The molecule has 0 aliphatic rings. The van der Waals surface area contributed by atoms with Crippen molar-refractivity contribution in [2.45, 2.75) is 310 Å². The van der Waals surface area contributed by atoms with Crippen molar-refractivity contribution in [2.24, 2.45) is 5.92 Å². The number of hydrogen-bond acceptors (Lipinski definition) is 15. The first-order valence-electron chi connectivity index (χ1n) is 31.1. The average molecular weight is 1160 g/mol. The lowest BCUT2D eigenvalue weighted by Crippen LogP contribution is -2.30. The van der Waals surface area contributed by atoms with Crippen LogP contribution in [0.25, 0.3) is 0 Å². The van der Waals surface area contributed by atoms with E-state index in [1.807, 2.05) is 0 Å². The van der Waals surface area contributed by atoms with Crippen molar-refractivity contribution in [1.82, 2.24) is 0 Å². The highest BCUT2D eigenvalue weighted by molar-refractivity contribution is 7.47. The number of carbonyl (C=O) groups excluding carboxylic acids is 4. The van der Waals surface area contributed by atoms with Gasteiger partial charge in [0.15, 0.2) is 12.2 Å². The van der Waals surface area contributed by atoms with Crippen LogP contribution in [0, 0.1) is 5.92 Å². The molecular formula is C59H114O17P2. The zero-order chi connectivity index (χ0) is 57.8. The van der Waals surface area contributed by atoms with Crippen molar-refractivity contribution in [3.63, 3.8) is 0 Å². The molecule has 5 atom stereocenters. The quantitative estimate of drug-likeness (QED) is 0.0222. The summed E-state index contributed by atoms with van der Waals surface area (Å²) < 4.78 is 67.4. The fraction of sp³-hybridized carbons (Fsp3) is 0.932. The van der Waals surface area contributed by atoms with Gasteiger partial charge < -0.3 is 33.8 Å². The normalized spacial score (nSPS) is 14.4. The van der Waals surface area contributed by atoms with Crippen LogP contribution in [0.4, 0.5) is 0 Å². The van der Waals surface area contributed by atoms with Crippen LogP contribution in [-0.4, -0.2) is 96.7 Å². The number of unbranched alkanes of at least 4 members (excludes halogenated alkanes) is 31. The molecule has 19 heteroatoms. The van der Waals surface area contributed by atoms with Crippen LogP contribution in [0.5, 0.6) is 0 Å². The zero-order valence-corrected chi connectivity index (χ0v) is 51.6. The molecule has 0 rings (SSSR count). The Bertz CT molecular complexity index is 1530. The van der Waals surface area contributed by atoms with Gasteiger partial charge in [0.1, 0.15) is 19.3 Å². The van der Waals surface area contributed by atoms with Crippen molar-refractivity contribution in [3.8, 4) is 0 Å². The number of rotatable bonds is 59. The van der Waals surface area contributed by atoms with Gasteiger partial charge in [0.05, 0.1) is 26.4 Å². The van der Waals surface area contributed by atoms with Crippen molar-refractivity contribution in [2.75, 3.05) is 39.6 Å². The molecule has 0 aromatic rings. The standard InChI is InChI=1S/C59H114O17P2/c1-6-9-12-15-17-18-19-20-21-22-23-24-25-26-28-35-40-45-59(64)76-55(49-70-57(62)43-38-33-30-29-32-36-41-52(4)5)51-74-78(67,68)72-47-53(60)46-71-77(65,66)73-50-54(48-69-56(61)42-37-31-14-11-8-3)75-58(63)44-39-34-27-16-13-10-7-2/h52-55,60H,6-51H2,1-5H3,(H,65,66)(H,67,68)/t53-,54+,55+/m0/s1. The number of ether oxygens (including phenoxy) is 4. The van der Waals surface area contributed by atoms with Crippen molar-refractivity contribution in [1.29, 1.82) is 0 Å². The molecule has 0 saturated carbocycles. The molecule has 0 spiro atoms. The number of phosphoric acid groups is 2. The van der Waals surface area contributed by atoms with Gasteiger partial charge in [-0.05, 0) is 31.6 Å². The SMILES string of the molecule is CCCCCCCCCCCCCCCCCCCC(=O)O[C@H](COC(=O)CCCCCCCCC(C)C)COP(=O)(O)OC[C@@H](O)COP(=O)(O)OC[C@@H](COC(=O)CCCCCCC)OC(=O)CCCCCCCCC. The van der Waals surface area contributed by atoms with Gasteiger partial charge in [-0.1, -0.05) is 240 Å². The fourth-order valence-corrected chi connectivity index (χ4v) is 10.3. The second-order valence-corrected chi connectivity index (χ2v) is 24.8. The molecule has 0 aliphatic heterocycles. The molecule has 0 aliphatic carbocycles. The van der Waals surface area contributed by atoms with Crippen LogP contribution >= 0.6 is 15.6 Å². The third-order valence-electron chi connectivity index (χ3n) is 13.5. The second kappa shape index (κ2) is 53.1. The molecule has 0 fully saturated rings. The second-order valence-electron chi connectivity index (χ2n) is 21.9. The van der Waals surface area contributed by atoms with E-state index in [2.05, 4.69) is 34.6 Å². The number of carbonyl (C=O) groups is 4. The molecule has 0 radical (unpaired) electrons. The zero-order valence-electron chi connectivity index (χ0n) is 49.8. The number of aliphatic hydroxyl groups excluding tert-OH is 1. The van der Waals surface area contributed by atoms with Crippen LogP contribution in [-0.2, 0) is 65.4 Å². The molecule has 0 amide bonds. The van der Waals surface area contributed by atoms with E-state index in [9.17, 15) is 43.2 Å². The molecule has 0 aromatic carbocycles. The Morgan fingerprint density at radius 1 is 0.346 bits per heavy atom. The number of phosphoric ester groups is 2. The van der Waals surface area contributed by atoms with Gasteiger partial charge in [-0.25, -0.2) is 9.13 Å². The first-order chi connectivity index (χ1) is 37.5. The minimum Gasteiger partial charge on any atom is -0.462 e. The number of hydrogen-bond donors (Lipinski definition) is 3. The predicted octanol–water partition coefficient (Wildman–Crippen LogP) is 15.8. The average Bonchev–Trinajstić information content (AvgIpc) is 3.40. The van der Waals surface area contributed by atoms with Crippen LogP contribution in [0.3, 0.4) is 0 Å². The molecular weight excluding hydrogens is 1040 g/mol. The first-order valence-corrected chi connectivity index (χ1v) is 34.1. The van der Waals surface area contributed by atoms with Gasteiger partial charge in [-0.15, -0.1) is 0 Å². The van der Waals surface area contributed by atoms with Gasteiger partial charge in [0, 0.05) is 25.7 Å². The van der Waals surface area contributed by atoms with E-state index >= 15 is 0 Å². The van der Waals surface area contributed by atoms with Crippen molar-refractivity contribution < 1.29 is 80.2 Å². The first kappa shape index (κ1) is 76.1. The molecule has 3 N–H and O–H groups in total.